The molecule has 1 amide bonds. The highest BCUT2D eigenvalue weighted by atomic mass is 32.2. The van der Waals surface area contributed by atoms with Crippen molar-refractivity contribution in [2.24, 2.45) is 30.7 Å². The molecule has 436 valence electrons. The lowest BCUT2D eigenvalue weighted by molar-refractivity contribution is -0.114. The number of azo groups is 3. The van der Waals surface area contributed by atoms with Crippen LogP contribution in [-0.4, -0.2) is 133 Å². The average Bonchev–Trinajstić information content (AvgIpc) is 1.99. The minimum atomic E-state index is -5.81. The summed E-state index contributed by atoms with van der Waals surface area (Å²) in [7, 11) is -38.3. The number of benzene rings is 6. The second-order valence-electron chi connectivity index (χ2n) is 16.3. The maximum atomic E-state index is 13.1. The number of aromatic carboxylic acids is 1. The number of phenols is 1. The van der Waals surface area contributed by atoms with E-state index in [2.05, 4.69) is 46.1 Å². The van der Waals surface area contributed by atoms with Crippen LogP contribution < -0.4 is 5.32 Å². The molecule has 8 aromatic rings. The van der Waals surface area contributed by atoms with Crippen molar-refractivity contribution in [3.05, 3.63) is 78.5 Å². The van der Waals surface area contributed by atoms with Crippen molar-refractivity contribution >= 4 is 165 Å². The first-order chi connectivity index (χ1) is 38.0. The molecule has 0 aliphatic carbocycles. The van der Waals surface area contributed by atoms with Gasteiger partial charge in [-0.05, 0) is 72.8 Å². The largest absolute Gasteiger partial charge is 0.505 e. The van der Waals surface area contributed by atoms with Crippen molar-refractivity contribution in [1.29, 1.82) is 0 Å². The number of anilines is 1. The standard InChI is InChI=1S/C39H26N10O26S8/c1-14(50)40-24-12-26(30(81(67,68)69)13-25(24)43-47-39-41-22-4-2-16(77(55,56)57)9-27(22)76-39)44-45-32-31(82(70,71)72)11-21-18(35(32)51)3-5-23(36(21)83(73,74)75)42-46-33-34(38(53)54)48-49(37(33)52)15-6-19-20(28(7-15)79(61,62)63)8-17(78(58,59)60)10-29(19)80(64,65)66/h2-13,51-52H,1H3,(H,40,50)(H,53,54)(H,55,56,57)(H,58,59,60)(H,61,62,63)(H,64,65,66)(H,67,68,69)(H,70,71,72)(H,73,74,75). The van der Waals surface area contributed by atoms with Gasteiger partial charge in [-0.25, -0.2) is 9.78 Å². The summed E-state index contributed by atoms with van der Waals surface area (Å²) in [6, 6.07) is 7.40. The number of aromatic nitrogens is 3. The van der Waals surface area contributed by atoms with Crippen molar-refractivity contribution in [1.82, 2.24) is 14.8 Å². The van der Waals surface area contributed by atoms with Gasteiger partial charge in [0.25, 0.3) is 70.8 Å². The van der Waals surface area contributed by atoms with Gasteiger partial charge in [0.15, 0.2) is 11.4 Å². The number of thiazole rings is 1. The Morgan fingerprint density at radius 1 is 0.518 bits per heavy atom. The van der Waals surface area contributed by atoms with Crippen molar-refractivity contribution < 1.29 is 116 Å². The number of carbonyl (C=O) groups excluding carboxylic acids is 1. The SMILES string of the molecule is CC(=O)Nc1cc(N=Nc2c(S(=O)(=O)O)cc3c(S(=O)(=O)O)c(N=Nc4c(C(=O)O)nn(-c5cc(S(=O)(=O)O)c6cc(S(=O)(=O)O)cc(S(=O)(=O)O)c6c5)c4O)ccc3c2O)c(S(=O)(=O)O)cc1N=Nc1nc2ccc(S(=O)(=O)O)cc2s1. The lowest BCUT2D eigenvalue weighted by Crippen LogP contribution is -2.09. The summed E-state index contributed by atoms with van der Waals surface area (Å²) in [4.78, 5) is 19.8. The van der Waals surface area contributed by atoms with E-state index in [4.69, 9.17) is 0 Å². The highest BCUT2D eigenvalue weighted by Gasteiger charge is 2.32. The second-order valence-corrected chi connectivity index (χ2v) is 27.1. The number of fused-ring (bicyclic) bond motifs is 3. The lowest BCUT2D eigenvalue weighted by Gasteiger charge is -2.13. The maximum absolute atomic E-state index is 13.1. The fourth-order valence-electron chi connectivity index (χ4n) is 7.51. The predicted octanol–water partition coefficient (Wildman–Crippen LogP) is 5.83. The zero-order chi connectivity index (χ0) is 61.6. The van der Waals surface area contributed by atoms with E-state index in [-0.39, 0.29) is 32.2 Å². The molecule has 0 atom stereocenters. The fourth-order valence-corrected chi connectivity index (χ4v) is 13.1. The number of carbonyl (C=O) groups is 2. The molecule has 0 aliphatic rings. The number of nitrogens with one attached hydrogen (secondary N) is 1. The Hall–Kier alpha value is -8.35. The molecule has 36 nitrogen and oxygen atoms in total. The molecule has 2 heterocycles. The Morgan fingerprint density at radius 2 is 1.08 bits per heavy atom. The third kappa shape index (κ3) is 12.4. The van der Waals surface area contributed by atoms with Gasteiger partial charge in [-0.3, -0.25) is 36.7 Å². The van der Waals surface area contributed by atoms with Gasteiger partial charge in [0.2, 0.25) is 22.6 Å². The number of rotatable bonds is 16. The number of hydrogen-bond donors (Lipinski definition) is 11. The summed E-state index contributed by atoms with van der Waals surface area (Å²) < 4.78 is 245. The first kappa shape index (κ1) is 60.7. The zero-order valence-electron chi connectivity index (χ0n) is 39.7. The van der Waals surface area contributed by atoms with Crippen LogP contribution in [0.3, 0.4) is 0 Å². The van der Waals surface area contributed by atoms with Gasteiger partial charge in [0.1, 0.15) is 47.2 Å². The Bertz CT molecular complexity index is 5180. The molecule has 0 unspecified atom stereocenters. The number of nitrogens with zero attached hydrogens (tertiary/aromatic N) is 9. The molecule has 0 radical (unpaired) electrons. The average molecular weight is 1310 g/mol. The molecule has 0 fully saturated rings. The normalized spacial score (nSPS) is 13.3. The molecule has 2 aromatic heterocycles. The van der Waals surface area contributed by atoms with Crippen LogP contribution in [0.2, 0.25) is 0 Å². The molecular formula is C39H26N10O26S8. The van der Waals surface area contributed by atoms with Gasteiger partial charge in [0.05, 0.1) is 31.4 Å². The molecule has 0 saturated heterocycles. The summed E-state index contributed by atoms with van der Waals surface area (Å²) in [6.45, 7) is 0.966. The van der Waals surface area contributed by atoms with E-state index >= 15 is 0 Å². The molecule has 11 N–H and O–H groups in total. The van der Waals surface area contributed by atoms with Crippen LogP contribution in [0.1, 0.15) is 17.4 Å². The van der Waals surface area contributed by atoms with E-state index in [1.54, 1.807) is 0 Å². The first-order valence-corrected chi connectivity index (χ1v) is 31.9. The summed E-state index contributed by atoms with van der Waals surface area (Å²) >= 11 is 0.726. The predicted molar refractivity (Wildman–Crippen MR) is 277 cm³/mol. The Morgan fingerprint density at radius 3 is 1.65 bits per heavy atom. The number of phenolic OH excluding ortho intramolecular Hbond substituents is 1. The second kappa shape index (κ2) is 20.8. The third-order valence-electron chi connectivity index (χ3n) is 10.9. The van der Waals surface area contributed by atoms with Crippen LogP contribution in [-0.2, 0) is 75.6 Å². The fraction of sp³-hybridized carbons (Fsp3) is 0.0256. The van der Waals surface area contributed by atoms with Gasteiger partial charge in [-0.15, -0.1) is 30.7 Å². The molecular weight excluding hydrogens is 1280 g/mol. The van der Waals surface area contributed by atoms with E-state index in [0.29, 0.717) is 42.5 Å². The van der Waals surface area contributed by atoms with Crippen molar-refractivity contribution in [3.63, 3.8) is 0 Å². The molecule has 0 bridgehead atoms. The van der Waals surface area contributed by atoms with Gasteiger partial charge >= 0.3 is 5.97 Å². The molecule has 0 spiro atoms. The summed E-state index contributed by atoms with van der Waals surface area (Å²) in [5.74, 6) is -5.91. The molecule has 6 aromatic carbocycles. The van der Waals surface area contributed by atoms with Crippen molar-refractivity contribution in [3.8, 4) is 17.3 Å². The maximum Gasteiger partial charge on any atom is 0.358 e. The lowest BCUT2D eigenvalue weighted by atomic mass is 10.1. The molecule has 8 rings (SSSR count). The monoisotopic (exact) mass is 1310 g/mol. The third-order valence-corrected chi connectivity index (χ3v) is 17.9. The van der Waals surface area contributed by atoms with Gasteiger partial charge in [-0.1, -0.05) is 11.3 Å². The topological polar surface area (TPSA) is 592 Å². The van der Waals surface area contributed by atoms with E-state index in [9.17, 15) is 116 Å². The molecule has 0 saturated carbocycles. The van der Waals surface area contributed by atoms with Crippen LogP contribution in [0.15, 0.2) is 138 Å². The van der Waals surface area contributed by atoms with Crippen molar-refractivity contribution in [2.75, 3.05) is 5.32 Å². The van der Waals surface area contributed by atoms with Crippen LogP contribution in [0.4, 0.5) is 39.3 Å². The number of aromatic hydroxyl groups is 2. The van der Waals surface area contributed by atoms with Gasteiger partial charge < -0.3 is 20.6 Å². The molecule has 44 heteroatoms. The van der Waals surface area contributed by atoms with Gasteiger partial charge in [0, 0.05) is 28.5 Å². The quantitative estimate of drug-likeness (QED) is 0.0400. The Labute approximate surface area is 465 Å². The van der Waals surface area contributed by atoms with E-state index < -0.39 is 196 Å². The van der Waals surface area contributed by atoms with E-state index in [0.717, 1.165) is 30.4 Å². The highest BCUT2D eigenvalue weighted by Crippen LogP contribution is 2.47. The number of carboxylic acids is 1. The van der Waals surface area contributed by atoms with Crippen LogP contribution >= 0.6 is 11.3 Å². The Kier molecular flexibility index (Phi) is 15.2. The zero-order valence-corrected chi connectivity index (χ0v) is 46.3. The van der Waals surface area contributed by atoms with Crippen LogP contribution in [0.5, 0.6) is 11.6 Å². The minimum Gasteiger partial charge on any atom is -0.505 e. The minimum absolute atomic E-state index is 0.0903. The number of hydrogen-bond acceptors (Lipinski definition) is 27. The summed E-state index contributed by atoms with van der Waals surface area (Å²) in [6.07, 6.45) is 0. The number of carboxylic acid groups (broad SMARTS) is 1. The van der Waals surface area contributed by atoms with E-state index in [1.165, 1.54) is 6.07 Å². The smallest absolute Gasteiger partial charge is 0.358 e. The highest BCUT2D eigenvalue weighted by molar-refractivity contribution is 7.88. The summed E-state index contributed by atoms with van der Waals surface area (Å²) in [5.41, 5.74) is -7.86. The van der Waals surface area contributed by atoms with Crippen molar-refractivity contribution in [2.45, 2.75) is 41.2 Å². The molecule has 83 heavy (non-hydrogen) atoms. The van der Waals surface area contributed by atoms with Crippen LogP contribution in [0.25, 0.3) is 37.4 Å². The summed E-state index contributed by atoms with van der Waals surface area (Å²) in [5, 5.41) is 56.3. The first-order valence-electron chi connectivity index (χ1n) is 21.0. The van der Waals surface area contributed by atoms with E-state index in [1.807, 2.05) is 0 Å². The van der Waals surface area contributed by atoms with Crippen LogP contribution in [0, 0.1) is 0 Å². The number of amides is 1. The Balaban J connectivity index is 1.26. The van der Waals surface area contributed by atoms with Gasteiger partial charge in [-0.2, -0.15) is 68.7 Å². The molecule has 0 aliphatic heterocycles.